The molecule has 0 saturated heterocycles. The Morgan fingerprint density at radius 2 is 1.79 bits per heavy atom. The fraction of sp³-hybridized carbons (Fsp3) is 0.0800. The van der Waals surface area contributed by atoms with Gasteiger partial charge in [0.25, 0.3) is 5.56 Å². The predicted octanol–water partition coefficient (Wildman–Crippen LogP) is 5.10. The Morgan fingerprint density at radius 1 is 1.00 bits per heavy atom. The molecular formula is C25H20N2O2. The molecule has 0 amide bonds. The maximum atomic E-state index is 13.1. The number of nitrogens with one attached hydrogen (secondary N) is 1. The minimum absolute atomic E-state index is 0.143. The summed E-state index contributed by atoms with van der Waals surface area (Å²) in [6, 6.07) is 19.1. The first-order chi connectivity index (χ1) is 14.0. The summed E-state index contributed by atoms with van der Waals surface area (Å²) in [5, 5.41) is 0.855. The number of H-pyrrole nitrogens is 1. The van der Waals surface area contributed by atoms with E-state index < -0.39 is 5.56 Å². The van der Waals surface area contributed by atoms with E-state index in [9.17, 15) is 9.59 Å². The molecule has 142 valence electrons. The minimum atomic E-state index is -0.393. The molecule has 0 saturated carbocycles. The molecule has 0 aliphatic carbocycles. The molecule has 0 aliphatic heterocycles. The molecule has 29 heavy (non-hydrogen) atoms. The maximum Gasteiger partial charge on any atom is 0.260 e. The number of allylic oxidation sites excluding steroid dienone is 1. The van der Waals surface area contributed by atoms with Crippen LogP contribution in [0.25, 0.3) is 28.1 Å². The highest BCUT2D eigenvalue weighted by Crippen LogP contribution is 2.32. The normalized spacial score (nSPS) is 11.2. The smallest absolute Gasteiger partial charge is 0.260 e. The summed E-state index contributed by atoms with van der Waals surface area (Å²) in [6.07, 6.45) is 4.70. The van der Waals surface area contributed by atoms with Gasteiger partial charge in [-0.1, -0.05) is 42.0 Å². The van der Waals surface area contributed by atoms with E-state index in [4.69, 9.17) is 0 Å². The highest BCUT2D eigenvalue weighted by Gasteiger charge is 2.20. The van der Waals surface area contributed by atoms with Crippen molar-refractivity contribution >= 4 is 22.8 Å². The Morgan fingerprint density at radius 3 is 2.55 bits per heavy atom. The zero-order valence-corrected chi connectivity index (χ0v) is 16.3. The highest BCUT2D eigenvalue weighted by molar-refractivity contribution is 6.15. The number of aryl methyl sites for hydroxylation is 2. The Bertz CT molecular complexity index is 1300. The van der Waals surface area contributed by atoms with Crippen molar-refractivity contribution in [1.82, 2.24) is 9.97 Å². The second-order valence-electron chi connectivity index (χ2n) is 7.02. The maximum absolute atomic E-state index is 13.1. The van der Waals surface area contributed by atoms with E-state index in [0.717, 1.165) is 22.1 Å². The van der Waals surface area contributed by atoms with Gasteiger partial charge in [-0.2, -0.15) is 0 Å². The molecule has 2 aromatic heterocycles. The van der Waals surface area contributed by atoms with Gasteiger partial charge in [0.2, 0.25) is 0 Å². The van der Waals surface area contributed by atoms with Gasteiger partial charge in [0.05, 0.1) is 11.3 Å². The van der Waals surface area contributed by atoms with Crippen molar-refractivity contribution in [3.8, 4) is 11.1 Å². The second-order valence-corrected chi connectivity index (χ2v) is 7.02. The van der Waals surface area contributed by atoms with Crippen molar-refractivity contribution < 1.29 is 4.79 Å². The molecular weight excluding hydrogens is 360 g/mol. The van der Waals surface area contributed by atoms with Crippen LogP contribution in [-0.4, -0.2) is 15.8 Å². The van der Waals surface area contributed by atoms with Crippen molar-refractivity contribution in [3.63, 3.8) is 0 Å². The van der Waals surface area contributed by atoms with Crippen LogP contribution >= 0.6 is 0 Å². The van der Waals surface area contributed by atoms with Crippen molar-refractivity contribution in [1.29, 1.82) is 0 Å². The van der Waals surface area contributed by atoms with Crippen LogP contribution in [0.4, 0.5) is 0 Å². The summed E-state index contributed by atoms with van der Waals surface area (Å²) in [4.78, 5) is 33.2. The number of fused-ring (bicyclic) bond motifs is 1. The first kappa shape index (κ1) is 18.6. The molecule has 2 heterocycles. The van der Waals surface area contributed by atoms with Crippen LogP contribution in [0.15, 0.2) is 77.7 Å². The molecule has 4 nitrogen and oxygen atoms in total. The van der Waals surface area contributed by atoms with Gasteiger partial charge in [-0.3, -0.25) is 14.6 Å². The average Bonchev–Trinajstić information content (AvgIpc) is 2.73. The minimum Gasteiger partial charge on any atom is -0.321 e. The lowest BCUT2D eigenvalue weighted by molar-refractivity contribution is 0.104. The SMILES string of the molecule is Cc1ccc2[nH]c(=O)c(C(=O)/C=C/c3ccccn3)c(-c3ccccc3C)c2c1. The molecule has 1 N–H and O–H groups in total. The van der Waals surface area contributed by atoms with Crippen molar-refractivity contribution in [3.05, 3.63) is 106 Å². The van der Waals surface area contributed by atoms with Gasteiger partial charge in [-0.15, -0.1) is 0 Å². The number of ketones is 1. The topological polar surface area (TPSA) is 62.8 Å². The van der Waals surface area contributed by atoms with E-state index in [1.54, 1.807) is 18.3 Å². The highest BCUT2D eigenvalue weighted by atomic mass is 16.1. The summed E-state index contributed by atoms with van der Waals surface area (Å²) in [7, 11) is 0. The van der Waals surface area contributed by atoms with E-state index in [1.165, 1.54) is 6.08 Å². The Hall–Kier alpha value is -3.79. The number of pyridine rings is 2. The zero-order valence-electron chi connectivity index (χ0n) is 16.3. The van der Waals surface area contributed by atoms with Gasteiger partial charge in [0, 0.05) is 22.7 Å². The number of carbonyl (C=O) groups is 1. The van der Waals surface area contributed by atoms with Crippen LogP contribution in [0.2, 0.25) is 0 Å². The quantitative estimate of drug-likeness (QED) is 0.396. The largest absolute Gasteiger partial charge is 0.321 e. The van der Waals surface area contributed by atoms with Crippen molar-refractivity contribution in [2.24, 2.45) is 0 Å². The number of benzene rings is 2. The summed E-state index contributed by atoms with van der Waals surface area (Å²) in [6.45, 7) is 3.98. The van der Waals surface area contributed by atoms with Crippen LogP contribution in [0.1, 0.15) is 27.2 Å². The van der Waals surface area contributed by atoms with Gasteiger partial charge in [-0.25, -0.2) is 0 Å². The Labute approximate surface area is 168 Å². The third-order valence-electron chi connectivity index (χ3n) is 4.92. The van der Waals surface area contributed by atoms with Gasteiger partial charge in [0.15, 0.2) is 5.78 Å². The fourth-order valence-electron chi connectivity index (χ4n) is 3.49. The molecule has 0 bridgehead atoms. The van der Waals surface area contributed by atoms with Crippen molar-refractivity contribution in [2.75, 3.05) is 0 Å². The molecule has 0 aliphatic rings. The summed E-state index contributed by atoms with van der Waals surface area (Å²) >= 11 is 0. The van der Waals surface area contributed by atoms with Crippen LogP contribution in [0.3, 0.4) is 0 Å². The summed E-state index contributed by atoms with van der Waals surface area (Å²) < 4.78 is 0. The van der Waals surface area contributed by atoms with Gasteiger partial charge in [0.1, 0.15) is 0 Å². The number of carbonyl (C=O) groups excluding carboxylic acids is 1. The van der Waals surface area contributed by atoms with E-state index in [1.807, 2.05) is 68.4 Å². The number of hydrogen-bond donors (Lipinski definition) is 1. The molecule has 0 atom stereocenters. The standard InChI is InChI=1S/C25H20N2O2/c1-16-10-12-21-20(15-16)23(19-9-4-3-7-17(19)2)24(25(29)27-21)22(28)13-11-18-8-5-6-14-26-18/h3-15H,1-2H3,(H,27,29)/b13-11+. The van der Waals surface area contributed by atoms with E-state index in [0.29, 0.717) is 16.8 Å². The zero-order chi connectivity index (χ0) is 20.4. The lowest BCUT2D eigenvalue weighted by Gasteiger charge is -2.14. The predicted molar refractivity (Wildman–Crippen MR) is 117 cm³/mol. The number of hydrogen-bond acceptors (Lipinski definition) is 3. The number of rotatable bonds is 4. The molecule has 0 unspecified atom stereocenters. The van der Waals surface area contributed by atoms with E-state index in [-0.39, 0.29) is 11.3 Å². The molecule has 0 spiro atoms. The lowest BCUT2D eigenvalue weighted by atomic mass is 9.91. The summed E-state index contributed by atoms with van der Waals surface area (Å²) in [5.41, 5.74) is 4.73. The number of nitrogens with zero attached hydrogens (tertiary/aromatic N) is 1. The lowest BCUT2D eigenvalue weighted by Crippen LogP contribution is -2.19. The molecule has 0 fully saturated rings. The van der Waals surface area contributed by atoms with Crippen LogP contribution in [-0.2, 0) is 0 Å². The van der Waals surface area contributed by atoms with Crippen LogP contribution in [0.5, 0.6) is 0 Å². The molecule has 0 radical (unpaired) electrons. The van der Waals surface area contributed by atoms with Crippen LogP contribution < -0.4 is 5.56 Å². The van der Waals surface area contributed by atoms with Gasteiger partial charge < -0.3 is 4.98 Å². The number of aromatic amines is 1. The first-order valence-electron chi connectivity index (χ1n) is 9.40. The Balaban J connectivity index is 1.98. The average molecular weight is 380 g/mol. The second kappa shape index (κ2) is 7.68. The van der Waals surface area contributed by atoms with E-state index >= 15 is 0 Å². The molecule has 4 heteroatoms. The van der Waals surface area contributed by atoms with Gasteiger partial charge >= 0.3 is 0 Å². The Kier molecular flexibility index (Phi) is 4.92. The third-order valence-corrected chi connectivity index (χ3v) is 4.92. The van der Waals surface area contributed by atoms with Crippen molar-refractivity contribution in [2.45, 2.75) is 13.8 Å². The van der Waals surface area contributed by atoms with Gasteiger partial charge in [-0.05, 0) is 61.4 Å². The first-order valence-corrected chi connectivity index (χ1v) is 9.40. The third kappa shape index (κ3) is 3.65. The van der Waals surface area contributed by atoms with E-state index in [2.05, 4.69) is 9.97 Å². The molecule has 4 aromatic rings. The molecule has 2 aromatic carbocycles. The molecule has 4 rings (SSSR count). The summed E-state index contributed by atoms with van der Waals surface area (Å²) in [5.74, 6) is -0.349. The van der Waals surface area contributed by atoms with Crippen LogP contribution in [0, 0.1) is 13.8 Å². The monoisotopic (exact) mass is 380 g/mol. The fourth-order valence-corrected chi connectivity index (χ4v) is 3.49. The number of aromatic nitrogens is 2.